The summed E-state index contributed by atoms with van der Waals surface area (Å²) in [5.74, 6) is 5.58. The lowest BCUT2D eigenvalue weighted by Crippen LogP contribution is -1.76. The van der Waals surface area contributed by atoms with Crippen LogP contribution in [0.1, 0.15) is 5.56 Å². The van der Waals surface area contributed by atoms with Crippen LogP contribution >= 0.6 is 11.6 Å². The Morgan fingerprint density at radius 2 is 2.31 bits per heavy atom. The summed E-state index contributed by atoms with van der Waals surface area (Å²) < 4.78 is 0. The van der Waals surface area contributed by atoms with Gasteiger partial charge in [-0.3, -0.25) is 0 Å². The van der Waals surface area contributed by atoms with E-state index in [2.05, 4.69) is 18.4 Å². The molecule has 64 valence electrons. The fraction of sp³-hybridized carbons (Fsp3) is 0. The van der Waals surface area contributed by atoms with E-state index in [1.807, 2.05) is 12.1 Å². The van der Waals surface area contributed by atoms with Crippen molar-refractivity contribution in [2.45, 2.75) is 0 Å². The van der Waals surface area contributed by atoms with E-state index in [1.165, 1.54) is 0 Å². The molecule has 0 aliphatic heterocycles. The number of allylic oxidation sites excluding steroid dienone is 1. The molecule has 0 unspecified atom stereocenters. The summed E-state index contributed by atoms with van der Waals surface area (Å²) in [6.07, 6.45) is 1.12. The van der Waals surface area contributed by atoms with Crippen molar-refractivity contribution in [3.63, 3.8) is 0 Å². The highest BCUT2D eigenvalue weighted by atomic mass is 35.5. The van der Waals surface area contributed by atoms with E-state index in [-0.39, 0.29) is 0 Å². The molecule has 0 aliphatic carbocycles. The number of rotatable bonds is 1. The molecular weight excluding hydrogens is 182 g/mol. The molecule has 1 N–H and O–H groups in total. The van der Waals surface area contributed by atoms with Crippen molar-refractivity contribution >= 4 is 17.8 Å². The highest BCUT2D eigenvalue weighted by Crippen LogP contribution is 2.09. The summed E-state index contributed by atoms with van der Waals surface area (Å²) in [5, 5.41) is 7.52. The van der Waals surface area contributed by atoms with Crippen molar-refractivity contribution in [3.05, 3.63) is 47.0 Å². The Morgan fingerprint density at radius 1 is 1.54 bits per heavy atom. The SMILES string of the molecule is C=C(C#Cc1cccc(Cl)c1)C=N. The molecule has 2 heteroatoms. The summed E-state index contributed by atoms with van der Waals surface area (Å²) >= 11 is 5.76. The smallest absolute Gasteiger partial charge is 0.0418 e. The average molecular weight is 190 g/mol. The fourth-order valence-electron chi connectivity index (χ4n) is 0.755. The van der Waals surface area contributed by atoms with Crippen molar-refractivity contribution < 1.29 is 0 Å². The minimum absolute atomic E-state index is 0.486. The molecule has 0 saturated carbocycles. The highest BCUT2D eigenvalue weighted by molar-refractivity contribution is 6.30. The van der Waals surface area contributed by atoms with Gasteiger partial charge in [0.05, 0.1) is 0 Å². The van der Waals surface area contributed by atoms with Crippen LogP contribution in [0, 0.1) is 17.3 Å². The first-order chi connectivity index (χ1) is 6.22. The van der Waals surface area contributed by atoms with E-state index in [1.54, 1.807) is 12.1 Å². The first kappa shape index (κ1) is 9.57. The van der Waals surface area contributed by atoms with Gasteiger partial charge in [-0.1, -0.05) is 36.1 Å². The summed E-state index contributed by atoms with van der Waals surface area (Å²) in [6.45, 7) is 3.56. The van der Waals surface area contributed by atoms with Crippen LogP contribution in [0.15, 0.2) is 36.4 Å². The third kappa shape index (κ3) is 3.14. The maximum absolute atomic E-state index is 6.86. The quantitative estimate of drug-likeness (QED) is 0.519. The largest absolute Gasteiger partial charge is 0.307 e. The van der Waals surface area contributed by atoms with Crippen LogP contribution in [0.2, 0.25) is 5.02 Å². The molecule has 13 heavy (non-hydrogen) atoms. The first-order valence-corrected chi connectivity index (χ1v) is 4.07. The monoisotopic (exact) mass is 189 g/mol. The number of halogens is 1. The molecule has 0 spiro atoms. The molecule has 0 aliphatic rings. The van der Waals surface area contributed by atoms with Gasteiger partial charge in [0.2, 0.25) is 0 Å². The van der Waals surface area contributed by atoms with E-state index < -0.39 is 0 Å². The Labute approximate surface area is 82.6 Å². The van der Waals surface area contributed by atoms with Crippen LogP contribution in [-0.2, 0) is 0 Å². The highest BCUT2D eigenvalue weighted by Gasteiger charge is 1.87. The maximum atomic E-state index is 6.86. The standard InChI is InChI=1S/C11H8ClN/c1-9(8-13)5-6-10-3-2-4-11(12)7-10/h2-4,7-8,13H,1H2. The Balaban J connectivity index is 2.89. The Hall–Kier alpha value is -1.52. The van der Waals surface area contributed by atoms with Crippen LogP contribution < -0.4 is 0 Å². The summed E-state index contributed by atoms with van der Waals surface area (Å²) in [5.41, 5.74) is 1.32. The molecule has 1 nitrogen and oxygen atoms in total. The predicted octanol–water partition coefficient (Wildman–Crippen LogP) is 2.90. The van der Waals surface area contributed by atoms with Gasteiger partial charge in [-0.05, 0) is 18.2 Å². The van der Waals surface area contributed by atoms with E-state index in [0.29, 0.717) is 10.6 Å². The van der Waals surface area contributed by atoms with E-state index in [9.17, 15) is 0 Å². The zero-order valence-corrected chi connectivity index (χ0v) is 7.73. The minimum Gasteiger partial charge on any atom is -0.307 e. The van der Waals surface area contributed by atoms with Crippen molar-refractivity contribution in [3.8, 4) is 11.8 Å². The molecule has 0 heterocycles. The van der Waals surface area contributed by atoms with Crippen LogP contribution in [0.25, 0.3) is 0 Å². The lowest BCUT2D eigenvalue weighted by Gasteiger charge is -1.90. The number of hydrogen-bond donors (Lipinski definition) is 1. The van der Waals surface area contributed by atoms with Crippen LogP contribution in [0.4, 0.5) is 0 Å². The lowest BCUT2D eigenvalue weighted by atomic mass is 10.2. The second-order valence-corrected chi connectivity index (χ2v) is 2.87. The molecule has 0 aromatic heterocycles. The van der Waals surface area contributed by atoms with Gasteiger partial charge in [0.25, 0.3) is 0 Å². The Kier molecular flexibility index (Phi) is 3.31. The van der Waals surface area contributed by atoms with Gasteiger partial charge in [0.15, 0.2) is 0 Å². The molecule has 1 rings (SSSR count). The van der Waals surface area contributed by atoms with Crippen molar-refractivity contribution in [1.82, 2.24) is 0 Å². The predicted molar refractivity (Wildman–Crippen MR) is 56.3 cm³/mol. The molecule has 0 fully saturated rings. The van der Waals surface area contributed by atoms with Gasteiger partial charge >= 0.3 is 0 Å². The minimum atomic E-state index is 0.486. The molecule has 0 radical (unpaired) electrons. The van der Waals surface area contributed by atoms with Gasteiger partial charge in [0, 0.05) is 22.4 Å². The molecule has 1 aromatic rings. The first-order valence-electron chi connectivity index (χ1n) is 3.69. The van der Waals surface area contributed by atoms with Crippen LogP contribution in [0.3, 0.4) is 0 Å². The molecule has 0 saturated heterocycles. The summed E-state index contributed by atoms with van der Waals surface area (Å²) in [6, 6.07) is 7.25. The molecular formula is C11H8ClN. The van der Waals surface area contributed by atoms with Crippen molar-refractivity contribution in [2.75, 3.05) is 0 Å². The van der Waals surface area contributed by atoms with E-state index >= 15 is 0 Å². The van der Waals surface area contributed by atoms with Crippen LogP contribution in [0.5, 0.6) is 0 Å². The van der Waals surface area contributed by atoms with Crippen LogP contribution in [-0.4, -0.2) is 6.21 Å². The van der Waals surface area contributed by atoms with Gasteiger partial charge in [-0.2, -0.15) is 0 Å². The summed E-state index contributed by atoms with van der Waals surface area (Å²) in [7, 11) is 0. The Bertz CT molecular complexity index is 396. The zero-order chi connectivity index (χ0) is 9.68. The fourth-order valence-corrected chi connectivity index (χ4v) is 0.945. The lowest BCUT2D eigenvalue weighted by molar-refractivity contribution is 1.57. The van der Waals surface area contributed by atoms with Gasteiger partial charge in [-0.25, -0.2) is 0 Å². The maximum Gasteiger partial charge on any atom is 0.0418 e. The number of benzene rings is 1. The van der Waals surface area contributed by atoms with E-state index in [0.717, 1.165) is 11.8 Å². The van der Waals surface area contributed by atoms with Gasteiger partial charge < -0.3 is 5.41 Å². The van der Waals surface area contributed by atoms with Gasteiger partial charge in [-0.15, -0.1) is 0 Å². The summed E-state index contributed by atoms with van der Waals surface area (Å²) in [4.78, 5) is 0. The zero-order valence-electron chi connectivity index (χ0n) is 6.97. The number of hydrogen-bond acceptors (Lipinski definition) is 1. The van der Waals surface area contributed by atoms with Gasteiger partial charge in [0.1, 0.15) is 0 Å². The topological polar surface area (TPSA) is 23.9 Å². The number of nitrogens with one attached hydrogen (secondary N) is 1. The average Bonchev–Trinajstić information content (AvgIpc) is 2.14. The second kappa shape index (κ2) is 4.49. The molecule has 1 aromatic carbocycles. The van der Waals surface area contributed by atoms with Crippen molar-refractivity contribution in [2.24, 2.45) is 0 Å². The van der Waals surface area contributed by atoms with Crippen molar-refractivity contribution in [1.29, 1.82) is 5.41 Å². The third-order valence-electron chi connectivity index (χ3n) is 1.37. The molecule has 0 amide bonds. The molecule has 0 bridgehead atoms. The Morgan fingerprint density at radius 3 is 2.92 bits per heavy atom. The van der Waals surface area contributed by atoms with E-state index in [4.69, 9.17) is 17.0 Å². The second-order valence-electron chi connectivity index (χ2n) is 2.43. The molecule has 0 atom stereocenters. The normalized spacial score (nSPS) is 8.38. The third-order valence-corrected chi connectivity index (χ3v) is 1.60.